The minimum atomic E-state index is -0.685. The van der Waals surface area contributed by atoms with Crippen LogP contribution < -0.4 is 5.73 Å². The largest absolute Gasteiger partial charge is 0.361 e. The van der Waals surface area contributed by atoms with Crippen LogP contribution in [-0.4, -0.2) is 16.0 Å². The van der Waals surface area contributed by atoms with Crippen LogP contribution in [0.5, 0.6) is 0 Å². The zero-order valence-corrected chi connectivity index (χ0v) is 11.8. The third-order valence-corrected chi connectivity index (χ3v) is 5.14. The summed E-state index contributed by atoms with van der Waals surface area (Å²) in [4.78, 5) is 16.3. The number of halogens is 1. The number of primary amides is 1. The van der Waals surface area contributed by atoms with Gasteiger partial charge in [-0.3, -0.25) is 4.79 Å². The number of aromatic nitrogens is 2. The quantitative estimate of drug-likeness (QED) is 0.938. The molecular weight excluding hydrogens is 318 g/mol. The molecular formula is C11H10BrN3O2S. The lowest BCUT2D eigenvalue weighted by Gasteiger charge is -2.38. The first-order valence-corrected chi connectivity index (χ1v) is 7.12. The summed E-state index contributed by atoms with van der Waals surface area (Å²) < 4.78 is 5.97. The number of hydrogen-bond donors (Lipinski definition) is 1. The van der Waals surface area contributed by atoms with E-state index in [-0.39, 0.29) is 11.3 Å². The van der Waals surface area contributed by atoms with Gasteiger partial charge in [-0.25, -0.2) is 0 Å². The Labute approximate surface area is 116 Å². The summed E-state index contributed by atoms with van der Waals surface area (Å²) in [6.07, 6.45) is 3.06. The number of carbonyl (C=O) groups is 1. The lowest BCUT2D eigenvalue weighted by Crippen LogP contribution is -2.35. The van der Waals surface area contributed by atoms with Gasteiger partial charge in [0.15, 0.2) is 5.82 Å². The molecule has 0 unspecified atom stereocenters. The van der Waals surface area contributed by atoms with Gasteiger partial charge in [0, 0.05) is 4.88 Å². The fraction of sp³-hybridized carbons (Fsp3) is 0.364. The van der Waals surface area contributed by atoms with Crippen LogP contribution in [0.4, 0.5) is 0 Å². The SMILES string of the molecule is NC(=O)c1nc(C2(c3ccc(Br)s3)CCC2)no1. The van der Waals surface area contributed by atoms with Crippen molar-refractivity contribution in [3.8, 4) is 0 Å². The van der Waals surface area contributed by atoms with Gasteiger partial charge in [-0.05, 0) is 40.9 Å². The maximum Gasteiger partial charge on any atom is 0.315 e. The zero-order chi connectivity index (χ0) is 12.8. The van der Waals surface area contributed by atoms with Gasteiger partial charge in [0.1, 0.15) is 0 Å². The molecule has 3 rings (SSSR count). The Morgan fingerprint density at radius 3 is 2.72 bits per heavy atom. The van der Waals surface area contributed by atoms with Crippen LogP contribution in [0, 0.1) is 0 Å². The molecule has 1 fully saturated rings. The fourth-order valence-corrected chi connectivity index (χ4v) is 3.83. The lowest BCUT2D eigenvalue weighted by atomic mass is 9.67. The average molecular weight is 328 g/mol. The Kier molecular flexibility index (Phi) is 2.74. The molecule has 1 aliphatic rings. The van der Waals surface area contributed by atoms with Crippen molar-refractivity contribution in [2.75, 3.05) is 0 Å². The highest BCUT2D eigenvalue weighted by molar-refractivity contribution is 9.11. The highest BCUT2D eigenvalue weighted by atomic mass is 79.9. The molecule has 1 saturated carbocycles. The summed E-state index contributed by atoms with van der Waals surface area (Å²) in [6.45, 7) is 0. The minimum Gasteiger partial charge on any atom is -0.361 e. The Morgan fingerprint density at radius 2 is 2.28 bits per heavy atom. The molecule has 0 aliphatic heterocycles. The van der Waals surface area contributed by atoms with Crippen LogP contribution in [0.1, 0.15) is 40.6 Å². The summed E-state index contributed by atoms with van der Waals surface area (Å²) in [6, 6.07) is 4.07. The molecule has 0 saturated heterocycles. The van der Waals surface area contributed by atoms with E-state index in [1.54, 1.807) is 11.3 Å². The third kappa shape index (κ3) is 1.69. The van der Waals surface area contributed by atoms with Gasteiger partial charge in [0.2, 0.25) is 0 Å². The summed E-state index contributed by atoms with van der Waals surface area (Å²) in [5, 5.41) is 3.92. The van der Waals surface area contributed by atoms with Crippen LogP contribution >= 0.6 is 27.3 Å². The van der Waals surface area contributed by atoms with E-state index >= 15 is 0 Å². The van der Waals surface area contributed by atoms with Gasteiger partial charge in [-0.1, -0.05) is 11.6 Å². The number of carbonyl (C=O) groups excluding carboxylic acids is 1. The van der Waals surface area contributed by atoms with Crippen molar-refractivity contribution in [1.82, 2.24) is 10.1 Å². The summed E-state index contributed by atoms with van der Waals surface area (Å²) in [5.41, 5.74) is 4.93. The average Bonchev–Trinajstić information content (AvgIpc) is 2.87. The van der Waals surface area contributed by atoms with Crippen LogP contribution in [0.3, 0.4) is 0 Å². The van der Waals surface area contributed by atoms with Crippen LogP contribution in [-0.2, 0) is 5.41 Å². The van der Waals surface area contributed by atoms with Crippen LogP contribution in [0.15, 0.2) is 20.4 Å². The molecule has 2 N–H and O–H groups in total. The molecule has 5 nitrogen and oxygen atoms in total. The number of thiophene rings is 1. The third-order valence-electron chi connectivity index (χ3n) is 3.32. The van der Waals surface area contributed by atoms with Crippen molar-refractivity contribution >= 4 is 33.2 Å². The van der Waals surface area contributed by atoms with E-state index in [1.165, 1.54) is 4.88 Å². The standard InChI is InChI=1S/C11H10BrN3O2S/c12-7-3-2-6(18-7)11(4-1-5-11)10-14-9(8(13)16)17-15-10/h2-3H,1,4-5H2,(H2,13,16). The number of hydrogen-bond acceptors (Lipinski definition) is 5. The topological polar surface area (TPSA) is 82.0 Å². The predicted octanol–water partition coefficient (Wildman–Crippen LogP) is 2.46. The Bertz CT molecular complexity index is 603. The summed E-state index contributed by atoms with van der Waals surface area (Å²) in [7, 11) is 0. The molecule has 2 heterocycles. The molecule has 2 aromatic heterocycles. The zero-order valence-electron chi connectivity index (χ0n) is 9.35. The summed E-state index contributed by atoms with van der Waals surface area (Å²) in [5.74, 6) is -0.237. The molecule has 18 heavy (non-hydrogen) atoms. The van der Waals surface area contributed by atoms with E-state index < -0.39 is 5.91 Å². The first kappa shape index (κ1) is 11.9. The maximum absolute atomic E-state index is 11.0. The Balaban J connectivity index is 2.03. The van der Waals surface area contributed by atoms with Crippen LogP contribution in [0.25, 0.3) is 0 Å². The second-order valence-corrected chi connectivity index (χ2v) is 6.79. The van der Waals surface area contributed by atoms with E-state index in [4.69, 9.17) is 10.3 Å². The van der Waals surface area contributed by atoms with Crippen molar-refractivity contribution in [2.24, 2.45) is 5.73 Å². The maximum atomic E-state index is 11.0. The molecule has 1 aliphatic carbocycles. The highest BCUT2D eigenvalue weighted by Gasteiger charge is 2.45. The molecule has 0 bridgehead atoms. The minimum absolute atomic E-state index is 0.119. The highest BCUT2D eigenvalue weighted by Crippen LogP contribution is 2.50. The van der Waals surface area contributed by atoms with Gasteiger partial charge in [-0.15, -0.1) is 11.3 Å². The van der Waals surface area contributed by atoms with E-state index in [2.05, 4.69) is 32.1 Å². The van der Waals surface area contributed by atoms with E-state index in [9.17, 15) is 4.79 Å². The fourth-order valence-electron chi connectivity index (χ4n) is 2.20. The van der Waals surface area contributed by atoms with Crippen molar-refractivity contribution in [2.45, 2.75) is 24.7 Å². The molecule has 0 radical (unpaired) electrons. The van der Waals surface area contributed by atoms with Crippen LogP contribution in [0.2, 0.25) is 0 Å². The molecule has 1 amide bonds. The number of rotatable bonds is 3. The molecule has 0 spiro atoms. The number of amides is 1. The first-order valence-electron chi connectivity index (χ1n) is 5.52. The van der Waals surface area contributed by atoms with Gasteiger partial charge >= 0.3 is 11.8 Å². The van der Waals surface area contributed by atoms with E-state index in [0.29, 0.717) is 5.82 Å². The molecule has 94 valence electrons. The Hall–Kier alpha value is -1.21. The Morgan fingerprint density at radius 1 is 1.50 bits per heavy atom. The van der Waals surface area contributed by atoms with Gasteiger partial charge < -0.3 is 10.3 Å². The van der Waals surface area contributed by atoms with E-state index in [0.717, 1.165) is 23.0 Å². The molecule has 2 aromatic rings. The van der Waals surface area contributed by atoms with Gasteiger partial charge in [0.05, 0.1) is 9.20 Å². The molecule has 7 heteroatoms. The van der Waals surface area contributed by atoms with Crippen molar-refractivity contribution in [3.05, 3.63) is 32.5 Å². The summed E-state index contributed by atoms with van der Waals surface area (Å²) >= 11 is 5.12. The molecule has 0 aromatic carbocycles. The van der Waals surface area contributed by atoms with Gasteiger partial charge in [0.25, 0.3) is 0 Å². The smallest absolute Gasteiger partial charge is 0.315 e. The normalized spacial score (nSPS) is 17.4. The molecule has 0 atom stereocenters. The number of nitrogens with two attached hydrogens (primary N) is 1. The van der Waals surface area contributed by atoms with E-state index in [1.807, 2.05) is 6.07 Å². The second-order valence-electron chi connectivity index (χ2n) is 4.33. The second kappa shape index (κ2) is 4.17. The lowest BCUT2D eigenvalue weighted by molar-refractivity contribution is 0.0958. The number of nitrogens with zero attached hydrogens (tertiary/aromatic N) is 2. The predicted molar refractivity (Wildman–Crippen MR) is 69.5 cm³/mol. The van der Waals surface area contributed by atoms with Gasteiger partial charge in [-0.2, -0.15) is 4.98 Å². The van der Waals surface area contributed by atoms with Crippen molar-refractivity contribution < 1.29 is 9.32 Å². The van der Waals surface area contributed by atoms with Crippen molar-refractivity contribution in [3.63, 3.8) is 0 Å². The monoisotopic (exact) mass is 327 g/mol. The van der Waals surface area contributed by atoms with Crippen molar-refractivity contribution in [1.29, 1.82) is 0 Å². The first-order chi connectivity index (χ1) is 8.62.